The first kappa shape index (κ1) is 12.1. The van der Waals surface area contributed by atoms with E-state index in [2.05, 4.69) is 33.8 Å². The van der Waals surface area contributed by atoms with Gasteiger partial charge in [0.05, 0.1) is 18.8 Å². The van der Waals surface area contributed by atoms with Crippen LogP contribution < -0.4 is 0 Å². The van der Waals surface area contributed by atoms with Gasteiger partial charge in [0.25, 0.3) is 0 Å². The first-order valence-electron chi connectivity index (χ1n) is 6.82. The Morgan fingerprint density at radius 1 is 1.50 bits per heavy atom. The number of aromatic nitrogens is 2. The summed E-state index contributed by atoms with van der Waals surface area (Å²) in [5.74, 6) is 0. The SMILES string of the molecule is CC(C)N1CCO[C@H]2CN(Cc3ccn[nH]3)C[C@H]21. The van der Waals surface area contributed by atoms with Crippen molar-refractivity contribution in [3.8, 4) is 0 Å². The lowest BCUT2D eigenvalue weighted by atomic mass is 10.1. The van der Waals surface area contributed by atoms with Gasteiger partial charge in [-0.3, -0.25) is 14.9 Å². The molecule has 5 heteroatoms. The molecule has 5 nitrogen and oxygen atoms in total. The summed E-state index contributed by atoms with van der Waals surface area (Å²) in [7, 11) is 0. The zero-order valence-corrected chi connectivity index (χ0v) is 11.2. The molecule has 2 aliphatic heterocycles. The number of ether oxygens (including phenoxy) is 1. The first-order valence-corrected chi connectivity index (χ1v) is 6.82. The minimum absolute atomic E-state index is 0.379. The molecular formula is C13H22N4O. The lowest BCUT2D eigenvalue weighted by molar-refractivity contribution is -0.0583. The Morgan fingerprint density at radius 2 is 2.39 bits per heavy atom. The molecule has 1 aromatic rings. The number of rotatable bonds is 3. The standard InChI is InChI=1S/C13H22N4O/c1-10(2)17-5-6-18-13-9-16(8-12(13)17)7-11-3-4-14-15-11/h3-4,10,12-13H,5-9H2,1-2H3,(H,14,15)/t12-,13+/m1/s1. The molecule has 1 N–H and O–H groups in total. The molecule has 0 amide bonds. The van der Waals surface area contributed by atoms with Crippen LogP contribution in [0.3, 0.4) is 0 Å². The molecule has 0 saturated carbocycles. The van der Waals surface area contributed by atoms with E-state index in [1.807, 2.05) is 12.3 Å². The molecule has 1 aromatic heterocycles. The van der Waals surface area contributed by atoms with Crippen molar-refractivity contribution in [2.24, 2.45) is 0 Å². The van der Waals surface area contributed by atoms with Gasteiger partial charge < -0.3 is 4.74 Å². The number of hydrogen-bond acceptors (Lipinski definition) is 4. The summed E-state index contributed by atoms with van der Waals surface area (Å²) in [6.45, 7) is 9.57. The van der Waals surface area contributed by atoms with Crippen molar-refractivity contribution < 1.29 is 4.74 Å². The summed E-state index contributed by atoms with van der Waals surface area (Å²) in [6, 6.07) is 3.21. The zero-order valence-electron chi connectivity index (χ0n) is 11.2. The topological polar surface area (TPSA) is 44.4 Å². The number of nitrogens with zero attached hydrogens (tertiary/aromatic N) is 3. The van der Waals surface area contributed by atoms with Crippen molar-refractivity contribution in [3.05, 3.63) is 18.0 Å². The van der Waals surface area contributed by atoms with Gasteiger partial charge in [-0.25, -0.2) is 0 Å². The van der Waals surface area contributed by atoms with Crippen LogP contribution in [0.5, 0.6) is 0 Å². The van der Waals surface area contributed by atoms with Gasteiger partial charge in [-0.2, -0.15) is 5.10 Å². The highest BCUT2D eigenvalue weighted by molar-refractivity contribution is 5.01. The van der Waals surface area contributed by atoms with E-state index in [1.165, 1.54) is 5.69 Å². The van der Waals surface area contributed by atoms with Crippen LogP contribution >= 0.6 is 0 Å². The molecule has 18 heavy (non-hydrogen) atoms. The van der Waals surface area contributed by atoms with E-state index in [-0.39, 0.29) is 0 Å². The Balaban J connectivity index is 1.65. The normalized spacial score (nSPS) is 29.9. The molecule has 2 atom stereocenters. The predicted molar refractivity (Wildman–Crippen MR) is 69.2 cm³/mol. The van der Waals surface area contributed by atoms with E-state index in [0.717, 1.165) is 32.8 Å². The van der Waals surface area contributed by atoms with Gasteiger partial charge in [-0.05, 0) is 19.9 Å². The van der Waals surface area contributed by atoms with Crippen molar-refractivity contribution in [2.75, 3.05) is 26.2 Å². The molecule has 3 rings (SSSR count). The maximum Gasteiger partial charge on any atom is 0.0870 e. The Kier molecular flexibility index (Phi) is 3.37. The Hall–Kier alpha value is -0.910. The summed E-state index contributed by atoms with van der Waals surface area (Å²) >= 11 is 0. The quantitative estimate of drug-likeness (QED) is 0.858. The van der Waals surface area contributed by atoms with Gasteiger partial charge in [0.15, 0.2) is 0 Å². The van der Waals surface area contributed by atoms with Crippen LogP contribution in [0.4, 0.5) is 0 Å². The van der Waals surface area contributed by atoms with Crippen LogP contribution in [0.1, 0.15) is 19.5 Å². The number of fused-ring (bicyclic) bond motifs is 1. The highest BCUT2D eigenvalue weighted by atomic mass is 16.5. The molecule has 2 saturated heterocycles. The molecule has 2 aliphatic rings. The first-order chi connectivity index (χ1) is 8.74. The second-order valence-corrected chi connectivity index (χ2v) is 5.58. The van der Waals surface area contributed by atoms with Crippen molar-refractivity contribution >= 4 is 0 Å². The van der Waals surface area contributed by atoms with Crippen LogP contribution in [-0.2, 0) is 11.3 Å². The zero-order chi connectivity index (χ0) is 12.5. The monoisotopic (exact) mass is 250 g/mol. The molecular weight excluding hydrogens is 228 g/mol. The Morgan fingerprint density at radius 3 is 3.11 bits per heavy atom. The van der Waals surface area contributed by atoms with E-state index in [9.17, 15) is 0 Å². The van der Waals surface area contributed by atoms with E-state index in [0.29, 0.717) is 18.2 Å². The number of morpholine rings is 1. The fourth-order valence-electron chi connectivity index (χ4n) is 3.17. The van der Waals surface area contributed by atoms with E-state index >= 15 is 0 Å². The van der Waals surface area contributed by atoms with Crippen LogP contribution in [0.15, 0.2) is 12.3 Å². The average molecular weight is 250 g/mol. The highest BCUT2D eigenvalue weighted by Crippen LogP contribution is 2.25. The summed E-state index contributed by atoms with van der Waals surface area (Å²) in [5.41, 5.74) is 1.18. The second kappa shape index (κ2) is 4.99. The number of aromatic amines is 1. The molecule has 0 spiro atoms. The van der Waals surface area contributed by atoms with E-state index < -0.39 is 0 Å². The van der Waals surface area contributed by atoms with Crippen LogP contribution in [0.25, 0.3) is 0 Å². The summed E-state index contributed by atoms with van der Waals surface area (Å²) in [6.07, 6.45) is 2.19. The summed E-state index contributed by atoms with van der Waals surface area (Å²) < 4.78 is 5.92. The van der Waals surface area contributed by atoms with Crippen LogP contribution in [0, 0.1) is 0 Å². The molecule has 100 valence electrons. The number of nitrogens with one attached hydrogen (secondary N) is 1. The fraction of sp³-hybridized carbons (Fsp3) is 0.769. The van der Waals surface area contributed by atoms with E-state index in [4.69, 9.17) is 4.74 Å². The van der Waals surface area contributed by atoms with Crippen molar-refractivity contribution in [1.29, 1.82) is 0 Å². The largest absolute Gasteiger partial charge is 0.374 e. The van der Waals surface area contributed by atoms with Gasteiger partial charge in [-0.1, -0.05) is 0 Å². The highest BCUT2D eigenvalue weighted by Gasteiger charge is 2.40. The third-order valence-electron chi connectivity index (χ3n) is 4.04. The third kappa shape index (κ3) is 2.30. The maximum atomic E-state index is 5.92. The second-order valence-electron chi connectivity index (χ2n) is 5.58. The molecule has 0 unspecified atom stereocenters. The minimum atomic E-state index is 0.379. The lowest BCUT2D eigenvalue weighted by Crippen LogP contribution is -2.53. The Labute approximate surface area is 108 Å². The van der Waals surface area contributed by atoms with Gasteiger partial charge in [-0.15, -0.1) is 0 Å². The van der Waals surface area contributed by atoms with Crippen molar-refractivity contribution in [1.82, 2.24) is 20.0 Å². The number of H-pyrrole nitrogens is 1. The molecule has 2 fully saturated rings. The van der Waals surface area contributed by atoms with Gasteiger partial charge >= 0.3 is 0 Å². The van der Waals surface area contributed by atoms with Gasteiger partial charge in [0.2, 0.25) is 0 Å². The molecule has 0 radical (unpaired) electrons. The van der Waals surface area contributed by atoms with Crippen LogP contribution in [0.2, 0.25) is 0 Å². The Bertz CT molecular complexity index is 378. The average Bonchev–Trinajstić information content (AvgIpc) is 2.96. The fourth-order valence-corrected chi connectivity index (χ4v) is 3.17. The number of likely N-dealkylation sites (tertiary alicyclic amines) is 1. The molecule has 0 bridgehead atoms. The predicted octanol–water partition coefficient (Wildman–Crippen LogP) is 0.703. The smallest absolute Gasteiger partial charge is 0.0870 e. The van der Waals surface area contributed by atoms with Crippen molar-refractivity contribution in [3.63, 3.8) is 0 Å². The van der Waals surface area contributed by atoms with Crippen LogP contribution in [-0.4, -0.2) is 64.4 Å². The lowest BCUT2D eigenvalue weighted by Gasteiger charge is -2.39. The molecule has 0 aromatic carbocycles. The van der Waals surface area contributed by atoms with Gasteiger partial charge in [0, 0.05) is 44.1 Å². The third-order valence-corrected chi connectivity index (χ3v) is 4.04. The minimum Gasteiger partial charge on any atom is -0.374 e. The van der Waals surface area contributed by atoms with E-state index in [1.54, 1.807) is 0 Å². The van der Waals surface area contributed by atoms with Crippen molar-refractivity contribution in [2.45, 2.75) is 38.6 Å². The molecule has 3 heterocycles. The summed E-state index contributed by atoms with van der Waals surface area (Å²) in [4.78, 5) is 5.05. The molecule has 0 aliphatic carbocycles. The van der Waals surface area contributed by atoms with Gasteiger partial charge in [0.1, 0.15) is 0 Å². The number of hydrogen-bond donors (Lipinski definition) is 1. The summed E-state index contributed by atoms with van der Waals surface area (Å²) in [5, 5.41) is 7.04. The maximum absolute atomic E-state index is 5.92.